The van der Waals surface area contributed by atoms with Gasteiger partial charge < -0.3 is 24.3 Å². The number of methoxy groups -OCH3 is 1. The number of rotatable bonds is 13. The van der Waals surface area contributed by atoms with E-state index in [1.54, 1.807) is 24.3 Å². The third-order valence-corrected chi connectivity index (χ3v) is 15.1. The number of nitrogens with one attached hydrogen (secondary N) is 1. The summed E-state index contributed by atoms with van der Waals surface area (Å²) in [5, 5.41) is 4.16. The molecule has 8 rings (SSSR count). The molecule has 3 aromatic carbocycles. The molecular weight excluding hydrogens is 800 g/mol. The molecule has 1 aromatic heterocycles. The third kappa shape index (κ3) is 8.72. The van der Waals surface area contributed by atoms with Crippen LogP contribution in [0.3, 0.4) is 0 Å². The molecule has 1 fully saturated rings. The number of fused-ring (bicyclic) bond motifs is 4. The first-order chi connectivity index (χ1) is 28.9. The van der Waals surface area contributed by atoms with Crippen LogP contribution < -0.4 is 19.5 Å². The van der Waals surface area contributed by atoms with Gasteiger partial charge in [0, 0.05) is 41.0 Å². The van der Waals surface area contributed by atoms with Crippen LogP contribution in [0.2, 0.25) is 5.02 Å². The van der Waals surface area contributed by atoms with Gasteiger partial charge in [0.15, 0.2) is 11.5 Å². The van der Waals surface area contributed by atoms with Crippen LogP contribution in [-0.4, -0.2) is 57.9 Å². The fraction of sp³-hybridized carbons (Fsp3) is 0.500. The van der Waals surface area contributed by atoms with Gasteiger partial charge in [-0.3, -0.25) is 9.17 Å². The molecule has 4 aliphatic rings. The zero-order valence-electron chi connectivity index (χ0n) is 35.1. The molecule has 4 aromatic rings. The van der Waals surface area contributed by atoms with Gasteiger partial charge in [0.1, 0.15) is 17.4 Å². The highest BCUT2D eigenvalue weighted by molar-refractivity contribution is 7.86. The third-order valence-electron chi connectivity index (χ3n) is 13.5. The molecule has 4 atom stereocenters. The Morgan fingerprint density at radius 3 is 2.60 bits per heavy atom. The van der Waals surface area contributed by atoms with Gasteiger partial charge in [0.2, 0.25) is 0 Å². The van der Waals surface area contributed by atoms with Crippen LogP contribution in [0.4, 0.5) is 5.69 Å². The Morgan fingerprint density at radius 2 is 1.83 bits per heavy atom. The van der Waals surface area contributed by atoms with E-state index in [9.17, 15) is 13.2 Å². The number of aryl methyl sites for hydroxylation is 2. The molecule has 1 unspecified atom stereocenters. The van der Waals surface area contributed by atoms with Crippen LogP contribution in [-0.2, 0) is 42.1 Å². The second kappa shape index (κ2) is 17.6. The molecule has 320 valence electrons. The summed E-state index contributed by atoms with van der Waals surface area (Å²) in [6, 6.07) is 20.5. The predicted molar refractivity (Wildman–Crippen MR) is 232 cm³/mol. The number of halogens is 1. The van der Waals surface area contributed by atoms with Gasteiger partial charge in [-0.05, 0) is 148 Å². The van der Waals surface area contributed by atoms with Gasteiger partial charge in [-0.2, -0.15) is 8.42 Å². The highest BCUT2D eigenvalue weighted by Gasteiger charge is 2.55. The standard InChI is InChI=1S/C48H57ClN2O8S/c1-31-11-13-39(14-12-31)60(53,54)58-24-17-38-16-23-56-43-27-34-26-35(25-32(2)30-57-42-15-22-50-41-10-5-7-33(3)45(41)42)47(40(34)29-44(43)59-38)18-20-48(21-19-47,46(52)55-4)51-37-9-6-8-36(49)28-37/h6,8-9,11-15,22,27-29,32-33,35,38,51H,5,7,10,16-21,23-26,30H2,1-4H3/t32-,33-,35+,38?,47?,48?/m1/s1. The van der Waals surface area contributed by atoms with Crippen LogP contribution in [0.1, 0.15) is 106 Å². The maximum absolute atomic E-state index is 13.7. The molecule has 1 N–H and O–H groups in total. The van der Waals surface area contributed by atoms with Crippen molar-refractivity contribution in [2.45, 2.75) is 119 Å². The molecule has 2 heterocycles. The van der Waals surface area contributed by atoms with E-state index in [1.165, 1.54) is 23.8 Å². The highest BCUT2D eigenvalue weighted by Crippen LogP contribution is 2.58. The number of hydrogen-bond acceptors (Lipinski definition) is 10. The maximum Gasteiger partial charge on any atom is 0.331 e. The van der Waals surface area contributed by atoms with Crippen molar-refractivity contribution in [1.29, 1.82) is 0 Å². The average molecular weight is 858 g/mol. The zero-order chi connectivity index (χ0) is 42.1. The minimum atomic E-state index is -3.90. The van der Waals surface area contributed by atoms with Gasteiger partial charge >= 0.3 is 5.97 Å². The summed E-state index contributed by atoms with van der Waals surface area (Å²) >= 11 is 6.38. The normalized spacial score (nSPS) is 25.1. The molecule has 3 aliphatic carbocycles. The number of esters is 1. The molecule has 0 bridgehead atoms. The van der Waals surface area contributed by atoms with Crippen LogP contribution in [0.15, 0.2) is 77.8 Å². The van der Waals surface area contributed by atoms with Crippen molar-refractivity contribution in [2.24, 2.45) is 11.8 Å². The number of nitrogens with zero attached hydrogens (tertiary/aromatic N) is 1. The summed E-state index contributed by atoms with van der Waals surface area (Å²) in [7, 11) is -2.45. The topological polar surface area (TPSA) is 122 Å². The van der Waals surface area contributed by atoms with Crippen molar-refractivity contribution < 1.29 is 36.3 Å². The van der Waals surface area contributed by atoms with Crippen LogP contribution >= 0.6 is 11.6 Å². The molecule has 0 saturated heterocycles. The number of anilines is 1. The number of carbonyl (C=O) groups excluding carboxylic acids is 1. The minimum Gasteiger partial charge on any atom is -0.493 e. The van der Waals surface area contributed by atoms with Crippen molar-refractivity contribution in [2.75, 3.05) is 32.2 Å². The van der Waals surface area contributed by atoms with Gasteiger partial charge in [0.05, 0.1) is 31.8 Å². The lowest BCUT2D eigenvalue weighted by Crippen LogP contribution is -2.53. The number of carbonyl (C=O) groups is 1. The van der Waals surface area contributed by atoms with E-state index in [1.807, 2.05) is 43.5 Å². The maximum atomic E-state index is 13.7. The van der Waals surface area contributed by atoms with Crippen molar-refractivity contribution in [1.82, 2.24) is 4.98 Å². The smallest absolute Gasteiger partial charge is 0.331 e. The number of aromatic nitrogens is 1. The lowest BCUT2D eigenvalue weighted by molar-refractivity contribution is -0.148. The monoisotopic (exact) mass is 856 g/mol. The Morgan fingerprint density at radius 1 is 1.03 bits per heavy atom. The van der Waals surface area contributed by atoms with Crippen LogP contribution in [0, 0.1) is 18.8 Å². The van der Waals surface area contributed by atoms with Gasteiger partial charge in [-0.15, -0.1) is 0 Å². The SMILES string of the molecule is COC(=O)C1(Nc2cccc(Cl)c2)CCC2(CC1)c1cc3c(cc1C[C@@H]2C[C@@H](C)COc1ccnc2c1[C@H](C)CCC2)OCCC(CCOS(=O)(=O)c1ccc(C)cc1)O3. The summed E-state index contributed by atoms with van der Waals surface area (Å²) in [6.07, 6.45) is 10.3. The summed E-state index contributed by atoms with van der Waals surface area (Å²) in [5.41, 5.74) is 5.50. The molecule has 0 amide bonds. The lowest BCUT2D eigenvalue weighted by Gasteiger charge is -2.47. The van der Waals surface area contributed by atoms with E-state index in [4.69, 9.17) is 34.7 Å². The van der Waals surface area contributed by atoms with E-state index in [2.05, 4.69) is 36.3 Å². The van der Waals surface area contributed by atoms with E-state index in [-0.39, 0.29) is 40.8 Å². The molecule has 1 aliphatic heterocycles. The van der Waals surface area contributed by atoms with Crippen LogP contribution in [0.25, 0.3) is 0 Å². The Hall–Kier alpha value is -4.32. The molecule has 12 heteroatoms. The first kappa shape index (κ1) is 42.4. The first-order valence-corrected chi connectivity index (χ1v) is 23.3. The quantitative estimate of drug-likeness (QED) is 0.103. The molecule has 10 nitrogen and oxygen atoms in total. The fourth-order valence-corrected chi connectivity index (χ4v) is 11.4. The molecule has 1 spiro atoms. The van der Waals surface area contributed by atoms with Gasteiger partial charge in [-0.25, -0.2) is 4.79 Å². The van der Waals surface area contributed by atoms with E-state index in [0.29, 0.717) is 61.3 Å². The Balaban J connectivity index is 1.04. The number of hydrogen-bond donors (Lipinski definition) is 1. The fourth-order valence-electron chi connectivity index (χ4n) is 10.3. The van der Waals surface area contributed by atoms with E-state index >= 15 is 0 Å². The Kier molecular flexibility index (Phi) is 12.4. The van der Waals surface area contributed by atoms with Crippen molar-refractivity contribution in [3.63, 3.8) is 0 Å². The average Bonchev–Trinajstić information content (AvgIpc) is 3.35. The number of benzene rings is 3. The van der Waals surface area contributed by atoms with E-state index < -0.39 is 15.7 Å². The summed E-state index contributed by atoms with van der Waals surface area (Å²) in [5.74, 6) is 3.01. The van der Waals surface area contributed by atoms with Crippen LogP contribution in [0.5, 0.6) is 17.2 Å². The first-order valence-electron chi connectivity index (χ1n) is 21.5. The predicted octanol–water partition coefficient (Wildman–Crippen LogP) is 9.92. The van der Waals surface area contributed by atoms with Crippen molar-refractivity contribution in [3.8, 4) is 17.2 Å². The zero-order valence-corrected chi connectivity index (χ0v) is 36.7. The largest absolute Gasteiger partial charge is 0.493 e. The summed E-state index contributed by atoms with van der Waals surface area (Å²) in [6.45, 7) is 7.50. The molecule has 1 saturated carbocycles. The van der Waals surface area contributed by atoms with Crippen molar-refractivity contribution >= 4 is 33.4 Å². The van der Waals surface area contributed by atoms with Crippen molar-refractivity contribution in [3.05, 3.63) is 106 Å². The lowest BCUT2D eigenvalue weighted by atomic mass is 9.59. The Bertz CT molecular complexity index is 2290. The Labute approximate surface area is 359 Å². The second-order valence-electron chi connectivity index (χ2n) is 17.6. The summed E-state index contributed by atoms with van der Waals surface area (Å²) < 4.78 is 56.4. The second-order valence-corrected chi connectivity index (χ2v) is 19.6. The highest BCUT2D eigenvalue weighted by atomic mass is 35.5. The number of pyridine rings is 1. The number of ether oxygens (including phenoxy) is 4. The molecule has 60 heavy (non-hydrogen) atoms. The van der Waals surface area contributed by atoms with E-state index in [0.717, 1.165) is 67.6 Å². The van der Waals surface area contributed by atoms with Gasteiger partial charge in [0.25, 0.3) is 10.1 Å². The minimum absolute atomic E-state index is 0.0103. The molecule has 0 radical (unpaired) electrons. The molecular formula is C48H57ClN2O8S. The van der Waals surface area contributed by atoms with Gasteiger partial charge in [-0.1, -0.05) is 49.2 Å². The summed E-state index contributed by atoms with van der Waals surface area (Å²) in [4.78, 5) is 18.5.